The minimum Gasteiger partial charge on any atom is -0.497 e. The fourth-order valence-corrected chi connectivity index (χ4v) is 3.58. The van der Waals surface area contributed by atoms with Crippen molar-refractivity contribution < 1.29 is 24.2 Å². The molecule has 0 saturated carbocycles. The van der Waals surface area contributed by atoms with Gasteiger partial charge in [0.1, 0.15) is 11.5 Å². The summed E-state index contributed by atoms with van der Waals surface area (Å²) in [4.78, 5) is 22.1. The van der Waals surface area contributed by atoms with Crippen LogP contribution < -0.4 is 15.2 Å². The number of primary amides is 1. The predicted molar refractivity (Wildman–Crippen MR) is 135 cm³/mol. The Labute approximate surface area is 198 Å². The molecule has 3 N–H and O–H groups in total. The van der Waals surface area contributed by atoms with E-state index in [9.17, 15) is 9.59 Å². The van der Waals surface area contributed by atoms with Crippen LogP contribution in [0.4, 0.5) is 0 Å². The standard InChI is InChI=1S/C14H15NO2.C14H14O3/c2*1-9(14(15)16)10-3-4-12-8-13(17-2)6-5-11(12)7-10/h3-9H,1-2H3,(H2,15,16);3-9H,1-2H3,(H,15,16). The van der Waals surface area contributed by atoms with Gasteiger partial charge in [-0.3, -0.25) is 9.59 Å². The first-order valence-electron chi connectivity index (χ1n) is 10.9. The van der Waals surface area contributed by atoms with Crippen LogP contribution in [0.25, 0.3) is 21.5 Å². The molecule has 2 unspecified atom stereocenters. The van der Waals surface area contributed by atoms with E-state index in [4.69, 9.17) is 20.3 Å². The normalized spacial score (nSPS) is 12.4. The topological polar surface area (TPSA) is 98.8 Å². The molecule has 4 aromatic rings. The molecule has 0 aliphatic heterocycles. The summed E-state index contributed by atoms with van der Waals surface area (Å²) in [7, 11) is 3.27. The van der Waals surface area contributed by atoms with E-state index in [0.29, 0.717) is 0 Å². The molecule has 0 saturated heterocycles. The molecule has 4 aromatic carbocycles. The number of hydrogen-bond acceptors (Lipinski definition) is 4. The van der Waals surface area contributed by atoms with Gasteiger partial charge in [-0.2, -0.15) is 0 Å². The highest BCUT2D eigenvalue weighted by Gasteiger charge is 2.14. The number of benzene rings is 4. The molecule has 6 nitrogen and oxygen atoms in total. The zero-order valence-corrected chi connectivity index (χ0v) is 19.7. The number of carboxylic acid groups (broad SMARTS) is 1. The number of aliphatic carboxylic acids is 1. The molecule has 1 amide bonds. The van der Waals surface area contributed by atoms with Crippen LogP contribution >= 0.6 is 0 Å². The first kappa shape index (κ1) is 24.6. The van der Waals surface area contributed by atoms with Crippen molar-refractivity contribution in [3.05, 3.63) is 83.9 Å². The SMILES string of the molecule is COc1ccc2cc(C(C)C(=O)O)ccc2c1.COc1ccc2cc(C(C)C(N)=O)ccc2c1. The highest BCUT2D eigenvalue weighted by atomic mass is 16.5. The third-order valence-electron chi connectivity index (χ3n) is 5.94. The quantitative estimate of drug-likeness (QED) is 0.398. The maximum Gasteiger partial charge on any atom is 0.310 e. The first-order valence-corrected chi connectivity index (χ1v) is 10.9. The monoisotopic (exact) mass is 459 g/mol. The summed E-state index contributed by atoms with van der Waals surface area (Å²) in [5.41, 5.74) is 7.05. The summed E-state index contributed by atoms with van der Waals surface area (Å²) in [5, 5.41) is 13.2. The zero-order valence-electron chi connectivity index (χ0n) is 19.7. The molecule has 0 aliphatic rings. The second-order valence-electron chi connectivity index (χ2n) is 8.13. The van der Waals surface area contributed by atoms with Crippen molar-refractivity contribution in [3.8, 4) is 11.5 Å². The number of fused-ring (bicyclic) bond motifs is 2. The summed E-state index contributed by atoms with van der Waals surface area (Å²) in [5.74, 6) is -0.233. The Morgan fingerprint density at radius 2 is 1.06 bits per heavy atom. The van der Waals surface area contributed by atoms with Crippen molar-refractivity contribution in [2.24, 2.45) is 5.73 Å². The predicted octanol–water partition coefficient (Wildman–Crippen LogP) is 5.47. The Morgan fingerprint density at radius 1 is 0.676 bits per heavy atom. The van der Waals surface area contributed by atoms with Crippen molar-refractivity contribution >= 4 is 33.4 Å². The highest BCUT2D eigenvalue weighted by molar-refractivity contribution is 5.88. The van der Waals surface area contributed by atoms with Crippen LogP contribution in [-0.4, -0.2) is 31.2 Å². The van der Waals surface area contributed by atoms with Crippen molar-refractivity contribution in [1.29, 1.82) is 0 Å². The average molecular weight is 460 g/mol. The van der Waals surface area contributed by atoms with Crippen LogP contribution in [-0.2, 0) is 9.59 Å². The van der Waals surface area contributed by atoms with Crippen molar-refractivity contribution in [2.45, 2.75) is 25.7 Å². The number of carbonyl (C=O) groups is 2. The van der Waals surface area contributed by atoms with E-state index >= 15 is 0 Å². The van der Waals surface area contributed by atoms with E-state index < -0.39 is 11.9 Å². The lowest BCUT2D eigenvalue weighted by Gasteiger charge is -2.09. The molecular weight excluding hydrogens is 430 g/mol. The zero-order chi connectivity index (χ0) is 24.8. The van der Waals surface area contributed by atoms with Gasteiger partial charge in [0.25, 0.3) is 0 Å². The number of ether oxygens (including phenoxy) is 2. The highest BCUT2D eigenvalue weighted by Crippen LogP contribution is 2.26. The molecule has 6 heteroatoms. The molecule has 34 heavy (non-hydrogen) atoms. The van der Waals surface area contributed by atoms with Gasteiger partial charge in [0.05, 0.1) is 26.1 Å². The van der Waals surface area contributed by atoms with E-state index in [1.807, 2.05) is 79.7 Å². The minimum atomic E-state index is -0.808. The van der Waals surface area contributed by atoms with Gasteiger partial charge in [-0.05, 0) is 70.8 Å². The number of methoxy groups -OCH3 is 2. The summed E-state index contributed by atoms with van der Waals surface area (Å²) in [6.45, 7) is 3.50. The van der Waals surface area contributed by atoms with Gasteiger partial charge in [-0.1, -0.05) is 48.5 Å². The van der Waals surface area contributed by atoms with Crippen LogP contribution in [0.1, 0.15) is 36.8 Å². The Morgan fingerprint density at radius 3 is 1.44 bits per heavy atom. The smallest absolute Gasteiger partial charge is 0.310 e. The lowest BCUT2D eigenvalue weighted by molar-refractivity contribution is -0.138. The Hall–Kier alpha value is -4.06. The summed E-state index contributed by atoms with van der Waals surface area (Å²) >= 11 is 0. The molecule has 0 spiro atoms. The van der Waals surface area contributed by atoms with Crippen LogP contribution in [0, 0.1) is 0 Å². The summed E-state index contributed by atoms with van der Waals surface area (Å²) < 4.78 is 10.3. The minimum absolute atomic E-state index is 0.262. The summed E-state index contributed by atoms with van der Waals surface area (Å²) in [6.07, 6.45) is 0. The van der Waals surface area contributed by atoms with Crippen LogP contribution in [0.15, 0.2) is 72.8 Å². The van der Waals surface area contributed by atoms with E-state index in [1.54, 1.807) is 21.1 Å². The van der Waals surface area contributed by atoms with Gasteiger partial charge in [-0.25, -0.2) is 0 Å². The Balaban J connectivity index is 0.000000191. The molecule has 0 heterocycles. The van der Waals surface area contributed by atoms with E-state index in [0.717, 1.165) is 44.2 Å². The van der Waals surface area contributed by atoms with E-state index in [2.05, 4.69) is 0 Å². The van der Waals surface area contributed by atoms with Crippen LogP contribution in [0.5, 0.6) is 11.5 Å². The second kappa shape index (κ2) is 10.7. The van der Waals surface area contributed by atoms with Gasteiger partial charge in [-0.15, -0.1) is 0 Å². The fraction of sp³-hybridized carbons (Fsp3) is 0.214. The lowest BCUT2D eigenvalue weighted by atomic mass is 9.97. The van der Waals surface area contributed by atoms with E-state index in [1.165, 1.54) is 0 Å². The molecule has 0 bridgehead atoms. The van der Waals surface area contributed by atoms with E-state index in [-0.39, 0.29) is 11.8 Å². The fourth-order valence-electron chi connectivity index (χ4n) is 3.58. The largest absolute Gasteiger partial charge is 0.497 e. The number of rotatable bonds is 6. The van der Waals surface area contributed by atoms with Gasteiger partial charge in [0.15, 0.2) is 0 Å². The molecule has 0 aliphatic carbocycles. The van der Waals surface area contributed by atoms with Gasteiger partial charge in [0.2, 0.25) is 5.91 Å². The van der Waals surface area contributed by atoms with Crippen molar-refractivity contribution in [2.75, 3.05) is 14.2 Å². The molecule has 0 fully saturated rings. The maximum atomic E-state index is 11.1. The van der Waals surface area contributed by atoms with Crippen molar-refractivity contribution in [3.63, 3.8) is 0 Å². The molecule has 0 radical (unpaired) electrons. The molecular formula is C28H29NO5. The molecule has 176 valence electrons. The number of amides is 1. The molecule has 0 aromatic heterocycles. The number of carbonyl (C=O) groups excluding carboxylic acids is 1. The molecule has 2 atom stereocenters. The number of carboxylic acids is 1. The van der Waals surface area contributed by atoms with Crippen molar-refractivity contribution in [1.82, 2.24) is 0 Å². The Kier molecular flexibility index (Phi) is 7.74. The Bertz CT molecular complexity index is 1230. The van der Waals surface area contributed by atoms with Crippen LogP contribution in [0.3, 0.4) is 0 Å². The first-order chi connectivity index (χ1) is 16.2. The second-order valence-corrected chi connectivity index (χ2v) is 8.13. The average Bonchev–Trinajstić information content (AvgIpc) is 2.86. The summed E-state index contributed by atoms with van der Waals surface area (Å²) in [6, 6.07) is 23.2. The number of hydrogen-bond donors (Lipinski definition) is 2. The van der Waals surface area contributed by atoms with Gasteiger partial charge < -0.3 is 20.3 Å². The van der Waals surface area contributed by atoms with Crippen LogP contribution in [0.2, 0.25) is 0 Å². The lowest BCUT2D eigenvalue weighted by Crippen LogP contribution is -2.18. The van der Waals surface area contributed by atoms with Gasteiger partial charge >= 0.3 is 5.97 Å². The third-order valence-corrected chi connectivity index (χ3v) is 5.94. The maximum absolute atomic E-state index is 11.1. The number of nitrogens with two attached hydrogens (primary N) is 1. The van der Waals surface area contributed by atoms with Gasteiger partial charge in [0, 0.05) is 0 Å². The molecule has 4 rings (SSSR count). The third kappa shape index (κ3) is 5.64.